The third kappa shape index (κ3) is 3.54. The number of hydrogen-bond acceptors (Lipinski definition) is 4. The van der Waals surface area contributed by atoms with Gasteiger partial charge in [-0.3, -0.25) is 4.79 Å². The van der Waals surface area contributed by atoms with E-state index in [-0.39, 0.29) is 5.78 Å². The van der Waals surface area contributed by atoms with E-state index >= 15 is 0 Å². The Morgan fingerprint density at radius 3 is 2.50 bits per heavy atom. The molecule has 20 heavy (non-hydrogen) atoms. The summed E-state index contributed by atoms with van der Waals surface area (Å²) in [5.41, 5.74) is 0.574. The number of rotatable bonds is 6. The molecule has 0 amide bonds. The van der Waals surface area contributed by atoms with Crippen molar-refractivity contribution in [3.05, 3.63) is 58.3 Å². The lowest BCUT2D eigenvalue weighted by Crippen LogP contribution is -2.27. The lowest BCUT2D eigenvalue weighted by atomic mass is 10.0. The molecule has 1 unspecified atom stereocenters. The van der Waals surface area contributed by atoms with Crippen molar-refractivity contribution in [1.29, 1.82) is 0 Å². The van der Waals surface area contributed by atoms with Crippen LogP contribution in [0.2, 0.25) is 0 Å². The third-order valence-electron chi connectivity index (χ3n) is 2.87. The van der Waals surface area contributed by atoms with E-state index in [0.29, 0.717) is 16.9 Å². The topological polar surface area (TPSA) is 43.4 Å². The summed E-state index contributed by atoms with van der Waals surface area (Å²) in [6, 6.07) is 12.4. The summed E-state index contributed by atoms with van der Waals surface area (Å²) < 4.78 is 5.37. The highest BCUT2D eigenvalue weighted by molar-refractivity contribution is 7.11. The van der Waals surface area contributed by atoms with Crippen molar-refractivity contribution in [3.63, 3.8) is 0 Å². The van der Waals surface area contributed by atoms with Crippen molar-refractivity contribution < 1.29 is 14.3 Å². The van der Waals surface area contributed by atoms with Gasteiger partial charge in [0, 0.05) is 5.56 Å². The summed E-state index contributed by atoms with van der Waals surface area (Å²) in [6.45, 7) is 1.96. The van der Waals surface area contributed by atoms with Gasteiger partial charge in [0.25, 0.3) is 0 Å². The number of thiophene rings is 1. The fraction of sp³-hybridized carbons (Fsp3) is 0.250. The lowest BCUT2D eigenvalue weighted by Gasteiger charge is -2.15. The van der Waals surface area contributed by atoms with E-state index in [0.717, 1.165) is 6.42 Å². The second-order valence-electron chi connectivity index (χ2n) is 4.39. The monoisotopic (exact) mass is 288 g/mol. The second kappa shape index (κ2) is 7.01. The van der Waals surface area contributed by atoms with Crippen LogP contribution in [0.5, 0.6) is 0 Å². The number of esters is 1. The Hall–Kier alpha value is -1.94. The molecule has 0 spiro atoms. The largest absolute Gasteiger partial charge is 0.450 e. The smallest absolute Gasteiger partial charge is 0.349 e. The van der Waals surface area contributed by atoms with Crippen LogP contribution in [0, 0.1) is 0 Å². The van der Waals surface area contributed by atoms with Gasteiger partial charge in [-0.05, 0) is 17.9 Å². The first kappa shape index (κ1) is 14.5. The zero-order chi connectivity index (χ0) is 14.4. The first-order chi connectivity index (χ1) is 9.72. The van der Waals surface area contributed by atoms with Gasteiger partial charge in [-0.1, -0.05) is 49.7 Å². The van der Waals surface area contributed by atoms with Gasteiger partial charge >= 0.3 is 5.97 Å². The Bertz CT molecular complexity index is 561. The molecule has 1 heterocycles. The van der Waals surface area contributed by atoms with Crippen LogP contribution in [-0.4, -0.2) is 17.9 Å². The van der Waals surface area contributed by atoms with E-state index in [4.69, 9.17) is 4.74 Å². The van der Waals surface area contributed by atoms with Crippen LogP contribution in [0.25, 0.3) is 0 Å². The fourth-order valence-electron chi connectivity index (χ4n) is 1.88. The molecule has 0 N–H and O–H groups in total. The van der Waals surface area contributed by atoms with Crippen molar-refractivity contribution in [2.24, 2.45) is 0 Å². The highest BCUT2D eigenvalue weighted by Gasteiger charge is 2.24. The van der Waals surface area contributed by atoms with Gasteiger partial charge in [-0.15, -0.1) is 11.3 Å². The van der Waals surface area contributed by atoms with E-state index in [9.17, 15) is 9.59 Å². The fourth-order valence-corrected chi connectivity index (χ4v) is 2.48. The van der Waals surface area contributed by atoms with Gasteiger partial charge in [0.1, 0.15) is 4.88 Å². The minimum absolute atomic E-state index is 0.141. The van der Waals surface area contributed by atoms with E-state index in [1.54, 1.807) is 36.4 Å². The predicted octanol–water partition coefficient (Wildman–Crippen LogP) is 3.96. The predicted molar refractivity (Wildman–Crippen MR) is 79.2 cm³/mol. The Labute approximate surface area is 122 Å². The van der Waals surface area contributed by atoms with Gasteiger partial charge in [-0.25, -0.2) is 4.79 Å². The van der Waals surface area contributed by atoms with Crippen LogP contribution in [0.3, 0.4) is 0 Å². The number of benzene rings is 1. The first-order valence-corrected chi connectivity index (χ1v) is 7.44. The number of carbonyl (C=O) groups excluding carboxylic acids is 2. The van der Waals surface area contributed by atoms with Crippen LogP contribution < -0.4 is 0 Å². The number of Topliss-reactive ketones (excluding diaryl/α,β-unsaturated/α-hetero) is 1. The molecular weight excluding hydrogens is 272 g/mol. The van der Waals surface area contributed by atoms with Crippen LogP contribution in [0.15, 0.2) is 47.8 Å². The molecular formula is C16H16O3S. The summed E-state index contributed by atoms with van der Waals surface area (Å²) >= 11 is 1.31. The Morgan fingerprint density at radius 2 is 1.90 bits per heavy atom. The van der Waals surface area contributed by atoms with Crippen molar-refractivity contribution >= 4 is 23.1 Å². The Balaban J connectivity index is 2.11. The number of ether oxygens (including phenoxy) is 1. The van der Waals surface area contributed by atoms with Crippen molar-refractivity contribution in [2.75, 3.05) is 0 Å². The average Bonchev–Trinajstić information content (AvgIpc) is 3.01. The summed E-state index contributed by atoms with van der Waals surface area (Å²) in [4.78, 5) is 24.8. The van der Waals surface area contributed by atoms with Crippen molar-refractivity contribution in [2.45, 2.75) is 25.9 Å². The highest BCUT2D eigenvalue weighted by atomic mass is 32.1. The number of ketones is 1. The molecule has 0 aliphatic rings. The summed E-state index contributed by atoms with van der Waals surface area (Å²) in [5, 5.41) is 1.81. The van der Waals surface area contributed by atoms with Gasteiger partial charge in [0.15, 0.2) is 6.10 Å². The van der Waals surface area contributed by atoms with E-state index in [1.165, 1.54) is 11.3 Å². The first-order valence-electron chi connectivity index (χ1n) is 6.56. The molecule has 0 fully saturated rings. The Morgan fingerprint density at radius 1 is 1.15 bits per heavy atom. The minimum atomic E-state index is -0.711. The summed E-state index contributed by atoms with van der Waals surface area (Å²) in [7, 11) is 0. The minimum Gasteiger partial charge on any atom is -0.450 e. The molecule has 0 saturated carbocycles. The Kier molecular flexibility index (Phi) is 5.07. The number of carbonyl (C=O) groups is 2. The van der Waals surface area contributed by atoms with Crippen LogP contribution >= 0.6 is 11.3 Å². The molecule has 0 radical (unpaired) electrons. The normalized spacial score (nSPS) is 11.8. The van der Waals surface area contributed by atoms with Crippen LogP contribution in [-0.2, 0) is 4.74 Å². The quantitative estimate of drug-likeness (QED) is 0.597. The summed E-state index contributed by atoms with van der Waals surface area (Å²) in [6.07, 6.45) is 0.600. The summed E-state index contributed by atoms with van der Waals surface area (Å²) in [5.74, 6) is -0.569. The van der Waals surface area contributed by atoms with Crippen LogP contribution in [0.1, 0.15) is 39.8 Å². The lowest BCUT2D eigenvalue weighted by molar-refractivity contribution is 0.0271. The molecule has 3 nitrogen and oxygen atoms in total. The zero-order valence-corrected chi connectivity index (χ0v) is 12.1. The standard InChI is InChI=1S/C16H16O3S/c1-2-7-13(15(17)12-8-4-3-5-9-12)19-16(18)14-10-6-11-20-14/h3-6,8-11,13H,2,7H2,1H3. The molecule has 104 valence electrons. The van der Waals surface area contributed by atoms with Crippen molar-refractivity contribution in [1.82, 2.24) is 0 Å². The zero-order valence-electron chi connectivity index (χ0n) is 11.2. The maximum atomic E-state index is 12.4. The van der Waals surface area contributed by atoms with E-state index < -0.39 is 12.1 Å². The van der Waals surface area contributed by atoms with Gasteiger partial charge in [0.2, 0.25) is 5.78 Å². The maximum absolute atomic E-state index is 12.4. The maximum Gasteiger partial charge on any atom is 0.349 e. The molecule has 1 aromatic carbocycles. The number of hydrogen-bond donors (Lipinski definition) is 0. The molecule has 0 aliphatic heterocycles. The highest BCUT2D eigenvalue weighted by Crippen LogP contribution is 2.16. The molecule has 1 aromatic heterocycles. The average molecular weight is 288 g/mol. The molecule has 2 rings (SSSR count). The second-order valence-corrected chi connectivity index (χ2v) is 5.34. The molecule has 0 bridgehead atoms. The van der Waals surface area contributed by atoms with Crippen LogP contribution in [0.4, 0.5) is 0 Å². The van der Waals surface area contributed by atoms with Crippen molar-refractivity contribution in [3.8, 4) is 0 Å². The molecule has 0 aliphatic carbocycles. The molecule has 4 heteroatoms. The molecule has 2 aromatic rings. The molecule has 1 atom stereocenters. The van der Waals surface area contributed by atoms with Gasteiger partial charge < -0.3 is 4.74 Å². The third-order valence-corrected chi connectivity index (χ3v) is 3.72. The van der Waals surface area contributed by atoms with E-state index in [1.807, 2.05) is 18.4 Å². The SMILES string of the molecule is CCCC(OC(=O)c1cccs1)C(=O)c1ccccc1. The molecule has 0 saturated heterocycles. The van der Waals surface area contributed by atoms with Gasteiger partial charge in [-0.2, -0.15) is 0 Å². The van der Waals surface area contributed by atoms with E-state index in [2.05, 4.69) is 0 Å². The van der Waals surface area contributed by atoms with Gasteiger partial charge in [0.05, 0.1) is 0 Å².